The maximum atomic E-state index is 13.9. The summed E-state index contributed by atoms with van der Waals surface area (Å²) >= 11 is 1.15. The molecule has 1 unspecified atom stereocenters. The summed E-state index contributed by atoms with van der Waals surface area (Å²) in [5, 5.41) is 3.85. The van der Waals surface area contributed by atoms with E-state index in [4.69, 9.17) is 4.74 Å². The molecule has 0 aliphatic carbocycles. The van der Waals surface area contributed by atoms with Crippen molar-refractivity contribution >= 4 is 51.9 Å². The highest BCUT2D eigenvalue weighted by Crippen LogP contribution is 2.41. The van der Waals surface area contributed by atoms with Gasteiger partial charge in [0.15, 0.2) is 5.17 Å². The number of nitrogens with zero attached hydrogens (tertiary/aromatic N) is 3. The van der Waals surface area contributed by atoms with E-state index >= 15 is 0 Å². The SMILES string of the molecule is O=C(Nc1ccc(C2SC(=Nc3cccc(F)c3)N(Cc3ccc(NC(F)(F)F)cc3)C2=O)cc1)[C@@H]1CCCN1C(=O)OCc1ccccc1. The third-order valence-electron chi connectivity index (χ3n) is 8.03. The van der Waals surface area contributed by atoms with Crippen LogP contribution < -0.4 is 10.6 Å². The number of aliphatic imine (C=N–C) groups is 1. The minimum Gasteiger partial charge on any atom is -0.445 e. The van der Waals surface area contributed by atoms with Gasteiger partial charge in [0.1, 0.15) is 23.7 Å². The third-order valence-corrected chi connectivity index (χ3v) is 9.27. The molecule has 50 heavy (non-hydrogen) atoms. The molecule has 2 atom stereocenters. The maximum absolute atomic E-state index is 13.9. The number of halogens is 4. The zero-order valence-corrected chi connectivity index (χ0v) is 27.2. The lowest BCUT2D eigenvalue weighted by molar-refractivity contribution is -0.126. The van der Waals surface area contributed by atoms with Crippen LogP contribution in [0.4, 0.5) is 39.4 Å². The number of carbonyl (C=O) groups is 3. The van der Waals surface area contributed by atoms with Gasteiger partial charge in [-0.15, -0.1) is 0 Å². The molecular weight excluding hydrogens is 674 g/mol. The first-order valence-electron chi connectivity index (χ1n) is 15.7. The summed E-state index contributed by atoms with van der Waals surface area (Å²) < 4.78 is 57.6. The number of hydrogen-bond acceptors (Lipinski definition) is 7. The Balaban J connectivity index is 1.14. The molecule has 0 aromatic heterocycles. The summed E-state index contributed by atoms with van der Waals surface area (Å²) in [7, 11) is 0. The van der Waals surface area contributed by atoms with Crippen molar-refractivity contribution in [2.24, 2.45) is 4.99 Å². The van der Waals surface area contributed by atoms with E-state index in [1.807, 2.05) is 30.3 Å². The average molecular weight is 706 g/mol. The van der Waals surface area contributed by atoms with Gasteiger partial charge in [0.25, 0.3) is 0 Å². The van der Waals surface area contributed by atoms with E-state index in [0.29, 0.717) is 47.1 Å². The Bertz CT molecular complexity index is 1870. The third kappa shape index (κ3) is 8.61. The summed E-state index contributed by atoms with van der Waals surface area (Å²) in [6.07, 6.45) is -4.01. The zero-order chi connectivity index (χ0) is 35.3. The second-order valence-electron chi connectivity index (χ2n) is 11.6. The summed E-state index contributed by atoms with van der Waals surface area (Å²) in [6.45, 7) is 0.514. The molecule has 4 aromatic carbocycles. The maximum Gasteiger partial charge on any atom is 0.482 e. The van der Waals surface area contributed by atoms with Crippen molar-refractivity contribution in [2.45, 2.75) is 43.6 Å². The molecule has 6 rings (SSSR count). The molecule has 0 bridgehead atoms. The molecule has 258 valence electrons. The Kier molecular flexibility index (Phi) is 10.4. The molecule has 9 nitrogen and oxygen atoms in total. The predicted octanol–water partition coefficient (Wildman–Crippen LogP) is 8.00. The molecule has 14 heteroatoms. The molecule has 2 aliphatic heterocycles. The van der Waals surface area contributed by atoms with Crippen LogP contribution in [0.1, 0.15) is 34.8 Å². The summed E-state index contributed by atoms with van der Waals surface area (Å²) in [6, 6.07) is 26.4. The molecule has 2 saturated heterocycles. The number of nitrogens with one attached hydrogen (secondary N) is 2. The lowest BCUT2D eigenvalue weighted by Crippen LogP contribution is -2.43. The van der Waals surface area contributed by atoms with E-state index in [0.717, 1.165) is 17.3 Å². The number of amides is 3. The first-order chi connectivity index (χ1) is 24.0. The van der Waals surface area contributed by atoms with Crippen LogP contribution in [-0.4, -0.2) is 51.8 Å². The van der Waals surface area contributed by atoms with Crippen LogP contribution in [0, 0.1) is 5.82 Å². The molecule has 2 fully saturated rings. The molecule has 2 N–H and O–H groups in total. The monoisotopic (exact) mass is 705 g/mol. The largest absolute Gasteiger partial charge is 0.482 e. The van der Waals surface area contributed by atoms with Gasteiger partial charge in [-0.3, -0.25) is 24.7 Å². The topological polar surface area (TPSA) is 103 Å². The standard InChI is InChI=1S/C36H31F4N5O4S/c37-26-8-4-9-29(20-26)42-34-45(21-23-11-15-28(16-12-23)43-36(38,39)40)33(47)31(50-34)25-13-17-27(18-14-25)41-32(46)30-10-5-19-44(30)35(48)49-22-24-6-2-1-3-7-24/h1-4,6-9,11-18,20,30-31,43H,5,10,19,21-22H2,(H,41,46)/t30-,31?/m0/s1. The fourth-order valence-corrected chi connectivity index (χ4v) is 6.79. The number of ether oxygens (including phenoxy) is 1. The van der Waals surface area contributed by atoms with Crippen LogP contribution in [0.3, 0.4) is 0 Å². The van der Waals surface area contributed by atoms with E-state index in [1.165, 1.54) is 57.6 Å². The second kappa shape index (κ2) is 15.0. The Morgan fingerprint density at radius 2 is 1.62 bits per heavy atom. The number of likely N-dealkylation sites (tertiary alicyclic amines) is 1. The smallest absolute Gasteiger partial charge is 0.445 e. The van der Waals surface area contributed by atoms with Gasteiger partial charge in [-0.2, -0.15) is 13.2 Å². The molecule has 0 radical (unpaired) electrons. The van der Waals surface area contributed by atoms with Crippen LogP contribution in [0.25, 0.3) is 0 Å². The van der Waals surface area contributed by atoms with Gasteiger partial charge in [-0.25, -0.2) is 14.2 Å². The minimum absolute atomic E-state index is 0.0165. The van der Waals surface area contributed by atoms with Gasteiger partial charge in [0, 0.05) is 17.9 Å². The number of alkyl halides is 3. The molecule has 4 aromatic rings. The van der Waals surface area contributed by atoms with Gasteiger partial charge in [0.2, 0.25) is 11.8 Å². The molecular formula is C36H31F4N5O4S. The fourth-order valence-electron chi connectivity index (χ4n) is 5.62. The average Bonchev–Trinajstić information content (AvgIpc) is 3.70. The number of rotatable bonds is 9. The summed E-state index contributed by atoms with van der Waals surface area (Å²) in [4.78, 5) is 47.1. The Morgan fingerprint density at radius 3 is 2.32 bits per heavy atom. The Hall–Kier alpha value is -5.37. The van der Waals surface area contributed by atoms with Crippen LogP contribution in [0.15, 0.2) is 108 Å². The second-order valence-corrected chi connectivity index (χ2v) is 12.7. The van der Waals surface area contributed by atoms with E-state index in [-0.39, 0.29) is 30.7 Å². The normalized spacial score (nSPS) is 18.4. The summed E-state index contributed by atoms with van der Waals surface area (Å²) in [5.74, 6) is -1.18. The van der Waals surface area contributed by atoms with Gasteiger partial charge in [-0.05, 0) is 72.0 Å². The van der Waals surface area contributed by atoms with E-state index in [9.17, 15) is 31.9 Å². The van der Waals surface area contributed by atoms with Crippen LogP contribution in [0.5, 0.6) is 0 Å². The molecule has 0 spiro atoms. The first kappa shape index (κ1) is 34.5. The van der Waals surface area contributed by atoms with Crippen molar-refractivity contribution < 1.29 is 36.7 Å². The summed E-state index contributed by atoms with van der Waals surface area (Å²) in [5.41, 5.74) is 2.62. The zero-order valence-electron chi connectivity index (χ0n) is 26.4. The van der Waals surface area contributed by atoms with E-state index < -0.39 is 29.5 Å². The van der Waals surface area contributed by atoms with Crippen molar-refractivity contribution in [3.05, 3.63) is 126 Å². The van der Waals surface area contributed by atoms with Crippen LogP contribution >= 0.6 is 11.8 Å². The fraction of sp³-hybridized carbons (Fsp3) is 0.222. The van der Waals surface area contributed by atoms with Crippen molar-refractivity contribution in [3.63, 3.8) is 0 Å². The van der Waals surface area contributed by atoms with Crippen LogP contribution in [-0.2, 0) is 27.5 Å². The highest BCUT2D eigenvalue weighted by atomic mass is 32.2. The Labute approximate surface area is 289 Å². The Morgan fingerprint density at radius 1 is 0.900 bits per heavy atom. The number of benzene rings is 4. The number of anilines is 2. The highest BCUT2D eigenvalue weighted by Gasteiger charge is 2.39. The van der Waals surface area contributed by atoms with Gasteiger partial charge in [0.05, 0.1) is 12.2 Å². The first-order valence-corrected chi connectivity index (χ1v) is 16.5. The lowest BCUT2D eigenvalue weighted by Gasteiger charge is -2.23. The quantitative estimate of drug-likeness (QED) is 0.135. The number of thioether (sulfide) groups is 1. The highest BCUT2D eigenvalue weighted by molar-refractivity contribution is 8.15. The van der Waals surface area contributed by atoms with Crippen molar-refractivity contribution in [1.82, 2.24) is 9.80 Å². The molecule has 3 amide bonds. The number of carbonyl (C=O) groups excluding carboxylic acids is 3. The number of hydrogen-bond donors (Lipinski definition) is 2. The van der Waals surface area contributed by atoms with Crippen LogP contribution in [0.2, 0.25) is 0 Å². The van der Waals surface area contributed by atoms with E-state index in [1.54, 1.807) is 30.3 Å². The molecule has 0 saturated carbocycles. The van der Waals surface area contributed by atoms with Crippen molar-refractivity contribution in [3.8, 4) is 0 Å². The van der Waals surface area contributed by atoms with Gasteiger partial charge >= 0.3 is 12.4 Å². The van der Waals surface area contributed by atoms with Gasteiger partial charge < -0.3 is 10.1 Å². The van der Waals surface area contributed by atoms with Gasteiger partial charge in [-0.1, -0.05) is 72.4 Å². The minimum atomic E-state index is -4.59. The van der Waals surface area contributed by atoms with Crippen molar-refractivity contribution in [1.29, 1.82) is 0 Å². The number of amidine groups is 1. The molecule has 2 heterocycles. The predicted molar refractivity (Wildman–Crippen MR) is 182 cm³/mol. The lowest BCUT2D eigenvalue weighted by atomic mass is 10.1. The van der Waals surface area contributed by atoms with E-state index in [2.05, 4.69) is 10.3 Å². The molecule has 2 aliphatic rings. The van der Waals surface area contributed by atoms with Crippen molar-refractivity contribution in [2.75, 3.05) is 17.2 Å².